The van der Waals surface area contributed by atoms with Gasteiger partial charge in [0, 0.05) is 29.8 Å². The van der Waals surface area contributed by atoms with Gasteiger partial charge in [0.1, 0.15) is 0 Å². The topological polar surface area (TPSA) is 44.4 Å². The van der Waals surface area contributed by atoms with E-state index in [4.69, 9.17) is 0 Å². The molecule has 2 N–H and O–H groups in total. The predicted molar refractivity (Wildman–Crippen MR) is 105 cm³/mol. The summed E-state index contributed by atoms with van der Waals surface area (Å²) in [6, 6.07) is 14.2. The Morgan fingerprint density at radius 1 is 1.29 bits per heavy atom. The number of hydrogen-bond donors (Lipinski definition) is 2. The maximum atomic E-state index is 12.4. The molecular formula is C18H21BrClN3O. The predicted octanol–water partition coefficient (Wildman–Crippen LogP) is 3.73. The molecule has 0 atom stereocenters. The zero-order valence-corrected chi connectivity index (χ0v) is 15.9. The highest BCUT2D eigenvalue weighted by Gasteiger charge is 2.17. The van der Waals surface area contributed by atoms with Crippen molar-refractivity contribution in [2.45, 2.75) is 13.5 Å². The van der Waals surface area contributed by atoms with Gasteiger partial charge in [-0.2, -0.15) is 0 Å². The fourth-order valence-corrected chi connectivity index (χ4v) is 3.37. The minimum Gasteiger partial charge on any atom is -0.361 e. The minimum atomic E-state index is -0.00810. The quantitative estimate of drug-likeness (QED) is 0.810. The molecule has 0 bridgehead atoms. The molecule has 1 amide bonds. The first-order valence-electron chi connectivity index (χ1n) is 7.73. The molecule has 0 aliphatic carbocycles. The van der Waals surface area contributed by atoms with Crippen LogP contribution in [0.2, 0.25) is 0 Å². The van der Waals surface area contributed by atoms with Crippen molar-refractivity contribution in [3.8, 4) is 0 Å². The molecule has 24 heavy (non-hydrogen) atoms. The second-order valence-corrected chi connectivity index (χ2v) is 6.61. The summed E-state index contributed by atoms with van der Waals surface area (Å²) in [6.45, 7) is 4.91. The first-order valence-corrected chi connectivity index (χ1v) is 8.52. The van der Waals surface area contributed by atoms with E-state index >= 15 is 0 Å². The number of aryl methyl sites for hydroxylation is 1. The van der Waals surface area contributed by atoms with Crippen molar-refractivity contribution >= 4 is 45.6 Å². The van der Waals surface area contributed by atoms with Crippen molar-refractivity contribution in [2.24, 2.45) is 0 Å². The largest absolute Gasteiger partial charge is 0.361 e. The third-order valence-corrected chi connectivity index (χ3v) is 4.60. The molecule has 1 heterocycles. The van der Waals surface area contributed by atoms with Crippen LogP contribution in [0.1, 0.15) is 11.1 Å². The molecule has 2 aromatic rings. The lowest BCUT2D eigenvalue weighted by Crippen LogP contribution is -2.36. The number of hydrogen-bond acceptors (Lipinski definition) is 3. The van der Waals surface area contributed by atoms with Crippen LogP contribution in [-0.2, 0) is 11.3 Å². The summed E-state index contributed by atoms with van der Waals surface area (Å²) in [4.78, 5) is 14.6. The zero-order valence-electron chi connectivity index (χ0n) is 13.5. The van der Waals surface area contributed by atoms with Gasteiger partial charge in [0.05, 0.1) is 12.2 Å². The number of fused-ring (bicyclic) bond motifs is 1. The Morgan fingerprint density at radius 3 is 2.88 bits per heavy atom. The van der Waals surface area contributed by atoms with E-state index in [1.54, 1.807) is 0 Å². The molecule has 0 spiro atoms. The number of amides is 1. The van der Waals surface area contributed by atoms with E-state index in [1.807, 2.05) is 37.3 Å². The summed E-state index contributed by atoms with van der Waals surface area (Å²) in [6.07, 6.45) is 0. The average Bonchev–Trinajstić information content (AvgIpc) is 2.73. The Balaban J connectivity index is 0.00000208. The van der Waals surface area contributed by atoms with Crippen molar-refractivity contribution in [1.82, 2.24) is 5.32 Å². The van der Waals surface area contributed by atoms with Crippen LogP contribution in [0.15, 0.2) is 46.9 Å². The van der Waals surface area contributed by atoms with Gasteiger partial charge < -0.3 is 15.5 Å². The lowest BCUT2D eigenvalue weighted by molar-refractivity contribution is -0.115. The van der Waals surface area contributed by atoms with E-state index in [0.29, 0.717) is 6.54 Å². The second kappa shape index (κ2) is 8.51. The van der Waals surface area contributed by atoms with Crippen molar-refractivity contribution in [3.63, 3.8) is 0 Å². The molecule has 0 aromatic heterocycles. The Kier molecular flexibility index (Phi) is 6.66. The Bertz CT molecular complexity index is 723. The molecule has 1 aliphatic rings. The highest BCUT2D eigenvalue weighted by Crippen LogP contribution is 2.24. The van der Waals surface area contributed by atoms with E-state index in [9.17, 15) is 4.79 Å². The molecule has 3 rings (SSSR count). The minimum absolute atomic E-state index is 0. The summed E-state index contributed by atoms with van der Waals surface area (Å²) < 4.78 is 0.906. The Labute approximate surface area is 157 Å². The fourth-order valence-electron chi connectivity index (χ4n) is 2.78. The van der Waals surface area contributed by atoms with Gasteiger partial charge in [-0.1, -0.05) is 24.3 Å². The van der Waals surface area contributed by atoms with Gasteiger partial charge in [0.25, 0.3) is 0 Å². The van der Waals surface area contributed by atoms with Crippen LogP contribution in [0.4, 0.5) is 11.4 Å². The van der Waals surface area contributed by atoms with Crippen molar-refractivity contribution in [1.29, 1.82) is 0 Å². The number of carbonyl (C=O) groups is 1. The van der Waals surface area contributed by atoms with E-state index in [1.165, 1.54) is 5.56 Å². The molecule has 0 unspecified atom stereocenters. The lowest BCUT2D eigenvalue weighted by atomic mass is 10.1. The summed E-state index contributed by atoms with van der Waals surface area (Å²) >= 11 is 3.50. The smallest absolute Gasteiger partial charge is 0.243 e. The number of nitrogens with one attached hydrogen (secondary N) is 2. The van der Waals surface area contributed by atoms with Gasteiger partial charge in [0.2, 0.25) is 5.91 Å². The molecule has 6 heteroatoms. The van der Waals surface area contributed by atoms with Gasteiger partial charge in [-0.15, -0.1) is 12.4 Å². The molecule has 2 aromatic carbocycles. The first kappa shape index (κ1) is 18.8. The van der Waals surface area contributed by atoms with E-state index in [2.05, 4.69) is 43.6 Å². The number of carbonyl (C=O) groups excluding carboxylic acids is 1. The SMILES string of the molecule is Cc1ccc(NC(=O)CN2CCNCc3ccccc32)c(Br)c1.Cl. The van der Waals surface area contributed by atoms with E-state index in [-0.39, 0.29) is 18.3 Å². The van der Waals surface area contributed by atoms with E-state index < -0.39 is 0 Å². The maximum Gasteiger partial charge on any atom is 0.243 e. The van der Waals surface area contributed by atoms with Gasteiger partial charge in [-0.3, -0.25) is 4.79 Å². The van der Waals surface area contributed by atoms with Crippen LogP contribution in [0.25, 0.3) is 0 Å². The van der Waals surface area contributed by atoms with Gasteiger partial charge in [-0.05, 0) is 52.2 Å². The van der Waals surface area contributed by atoms with Gasteiger partial charge in [0.15, 0.2) is 0 Å². The number of halogens is 2. The molecular weight excluding hydrogens is 390 g/mol. The Hall–Kier alpha value is -1.56. The van der Waals surface area contributed by atoms with Crippen molar-refractivity contribution in [3.05, 3.63) is 58.1 Å². The molecule has 128 valence electrons. The first-order chi connectivity index (χ1) is 11.1. The standard InChI is InChI=1S/C18H20BrN3O.ClH/c1-13-6-7-16(15(19)10-13)21-18(23)12-22-9-8-20-11-14-4-2-3-5-17(14)22;/h2-7,10,20H,8-9,11-12H2,1H3,(H,21,23);1H. The zero-order chi connectivity index (χ0) is 16.2. The summed E-state index contributed by atoms with van der Waals surface area (Å²) in [7, 11) is 0. The number of benzene rings is 2. The van der Waals surface area contributed by atoms with E-state index in [0.717, 1.165) is 41.0 Å². The number of rotatable bonds is 3. The summed E-state index contributed by atoms with van der Waals surface area (Å²) in [5.74, 6) is -0.00810. The maximum absolute atomic E-state index is 12.4. The van der Waals surface area contributed by atoms with Gasteiger partial charge in [-0.25, -0.2) is 0 Å². The van der Waals surface area contributed by atoms with Crippen LogP contribution in [0.5, 0.6) is 0 Å². The molecule has 0 fully saturated rings. The highest BCUT2D eigenvalue weighted by atomic mass is 79.9. The molecule has 0 radical (unpaired) electrons. The summed E-state index contributed by atoms with van der Waals surface area (Å²) in [5, 5.41) is 6.38. The molecule has 0 saturated carbocycles. The molecule has 0 saturated heterocycles. The third-order valence-electron chi connectivity index (χ3n) is 3.94. The van der Waals surface area contributed by atoms with Crippen LogP contribution < -0.4 is 15.5 Å². The molecule has 1 aliphatic heterocycles. The van der Waals surface area contributed by atoms with Crippen LogP contribution in [0, 0.1) is 6.92 Å². The van der Waals surface area contributed by atoms with Crippen LogP contribution in [-0.4, -0.2) is 25.5 Å². The third kappa shape index (κ3) is 4.50. The average molecular weight is 411 g/mol. The normalized spacial score (nSPS) is 13.5. The number of para-hydroxylation sites is 1. The second-order valence-electron chi connectivity index (χ2n) is 5.76. The number of nitrogens with zero attached hydrogens (tertiary/aromatic N) is 1. The fraction of sp³-hybridized carbons (Fsp3) is 0.278. The number of anilines is 2. The lowest BCUT2D eigenvalue weighted by Gasteiger charge is -2.24. The monoisotopic (exact) mass is 409 g/mol. The molecule has 4 nitrogen and oxygen atoms in total. The van der Waals surface area contributed by atoms with Gasteiger partial charge >= 0.3 is 0 Å². The van der Waals surface area contributed by atoms with Crippen LogP contribution in [0.3, 0.4) is 0 Å². The Morgan fingerprint density at radius 2 is 2.08 bits per heavy atom. The summed E-state index contributed by atoms with van der Waals surface area (Å²) in [5.41, 5.74) is 4.33. The van der Waals surface area contributed by atoms with Crippen molar-refractivity contribution in [2.75, 3.05) is 29.9 Å². The van der Waals surface area contributed by atoms with Crippen LogP contribution >= 0.6 is 28.3 Å². The van der Waals surface area contributed by atoms with Crippen molar-refractivity contribution < 1.29 is 4.79 Å². The highest BCUT2D eigenvalue weighted by molar-refractivity contribution is 9.10.